The fourth-order valence-electron chi connectivity index (χ4n) is 3.26. The lowest BCUT2D eigenvalue weighted by Crippen LogP contribution is -2.33. The van der Waals surface area contributed by atoms with Crippen molar-refractivity contribution in [1.29, 1.82) is 0 Å². The van der Waals surface area contributed by atoms with Crippen LogP contribution in [0.25, 0.3) is 16.9 Å². The third kappa shape index (κ3) is 4.37. The van der Waals surface area contributed by atoms with Gasteiger partial charge < -0.3 is 4.90 Å². The standard InChI is InChI=1S/C22H23FN4O3/c1-3-13-25(14-4-2)22(28)21-15-20(18-7-5-6-8-19(18)23)24-26(21)16-9-11-17(12-10-16)27(29)30/h5-12,15H,3-4,13-14H2,1-2H3. The van der Waals surface area contributed by atoms with Crippen molar-refractivity contribution in [2.45, 2.75) is 26.7 Å². The molecule has 156 valence electrons. The van der Waals surface area contributed by atoms with Crippen LogP contribution in [0.4, 0.5) is 10.1 Å². The minimum Gasteiger partial charge on any atom is -0.337 e. The molecule has 7 nitrogen and oxygen atoms in total. The molecule has 0 spiro atoms. The van der Waals surface area contributed by atoms with E-state index in [0.717, 1.165) is 12.8 Å². The van der Waals surface area contributed by atoms with Crippen LogP contribution >= 0.6 is 0 Å². The quantitative estimate of drug-likeness (QED) is 0.393. The second-order valence-electron chi connectivity index (χ2n) is 6.87. The number of hydrogen-bond donors (Lipinski definition) is 0. The zero-order chi connectivity index (χ0) is 21.7. The molecule has 3 rings (SSSR count). The van der Waals surface area contributed by atoms with Crippen molar-refractivity contribution >= 4 is 11.6 Å². The summed E-state index contributed by atoms with van der Waals surface area (Å²) in [6.07, 6.45) is 1.61. The normalized spacial score (nSPS) is 10.8. The van der Waals surface area contributed by atoms with Gasteiger partial charge in [-0.15, -0.1) is 0 Å². The summed E-state index contributed by atoms with van der Waals surface area (Å²) in [5.74, 6) is -0.657. The summed E-state index contributed by atoms with van der Waals surface area (Å²) in [6.45, 7) is 5.17. The second-order valence-corrected chi connectivity index (χ2v) is 6.87. The summed E-state index contributed by atoms with van der Waals surface area (Å²) in [5, 5.41) is 15.4. The Morgan fingerprint density at radius 2 is 1.73 bits per heavy atom. The largest absolute Gasteiger partial charge is 0.337 e. The van der Waals surface area contributed by atoms with Gasteiger partial charge in [0.15, 0.2) is 0 Å². The number of rotatable bonds is 8. The van der Waals surface area contributed by atoms with Crippen LogP contribution in [0.2, 0.25) is 0 Å². The van der Waals surface area contributed by atoms with Gasteiger partial charge in [0.2, 0.25) is 0 Å². The topological polar surface area (TPSA) is 81.3 Å². The van der Waals surface area contributed by atoms with Gasteiger partial charge in [-0.2, -0.15) is 5.10 Å². The zero-order valence-corrected chi connectivity index (χ0v) is 16.9. The van der Waals surface area contributed by atoms with Crippen LogP contribution in [-0.4, -0.2) is 38.6 Å². The van der Waals surface area contributed by atoms with Crippen LogP contribution in [-0.2, 0) is 0 Å². The summed E-state index contributed by atoms with van der Waals surface area (Å²) in [5.41, 5.74) is 1.31. The molecule has 0 unspecified atom stereocenters. The Morgan fingerprint density at radius 1 is 1.10 bits per heavy atom. The molecule has 0 aliphatic rings. The predicted molar refractivity (Wildman–Crippen MR) is 112 cm³/mol. The average Bonchev–Trinajstić information content (AvgIpc) is 3.18. The molecule has 1 heterocycles. The Kier molecular flexibility index (Phi) is 6.56. The third-order valence-corrected chi connectivity index (χ3v) is 4.66. The van der Waals surface area contributed by atoms with Crippen LogP contribution in [0.3, 0.4) is 0 Å². The number of hydrogen-bond acceptors (Lipinski definition) is 4. The molecule has 0 N–H and O–H groups in total. The molecule has 0 aliphatic heterocycles. The molecular formula is C22H23FN4O3. The summed E-state index contributed by atoms with van der Waals surface area (Å²) >= 11 is 0. The van der Waals surface area contributed by atoms with E-state index < -0.39 is 10.7 Å². The first-order valence-corrected chi connectivity index (χ1v) is 9.85. The van der Waals surface area contributed by atoms with E-state index in [0.29, 0.717) is 24.5 Å². The number of nitro benzene ring substituents is 1. The van der Waals surface area contributed by atoms with Gasteiger partial charge in [0, 0.05) is 30.8 Å². The van der Waals surface area contributed by atoms with E-state index in [-0.39, 0.29) is 22.9 Å². The fraction of sp³-hybridized carbons (Fsp3) is 0.273. The molecule has 1 aromatic heterocycles. The molecule has 0 saturated carbocycles. The van der Waals surface area contributed by atoms with E-state index in [9.17, 15) is 19.3 Å². The Balaban J connectivity index is 2.12. The van der Waals surface area contributed by atoms with Crippen LogP contribution in [0, 0.1) is 15.9 Å². The summed E-state index contributed by atoms with van der Waals surface area (Å²) < 4.78 is 15.8. The van der Waals surface area contributed by atoms with Crippen molar-refractivity contribution in [3.05, 3.63) is 76.2 Å². The molecule has 30 heavy (non-hydrogen) atoms. The highest BCUT2D eigenvalue weighted by atomic mass is 19.1. The van der Waals surface area contributed by atoms with E-state index in [1.165, 1.54) is 35.0 Å². The maximum Gasteiger partial charge on any atom is 0.272 e. The number of carbonyl (C=O) groups excluding carboxylic acids is 1. The predicted octanol–water partition coefficient (Wildman–Crippen LogP) is 4.85. The van der Waals surface area contributed by atoms with Crippen molar-refractivity contribution < 1.29 is 14.1 Å². The van der Waals surface area contributed by atoms with Crippen LogP contribution in [0.15, 0.2) is 54.6 Å². The number of non-ortho nitro benzene ring substituents is 1. The number of carbonyl (C=O) groups is 1. The van der Waals surface area contributed by atoms with E-state index in [1.54, 1.807) is 29.2 Å². The summed E-state index contributed by atoms with van der Waals surface area (Å²) in [6, 6.07) is 13.5. The fourth-order valence-corrected chi connectivity index (χ4v) is 3.26. The maximum atomic E-state index is 14.3. The minimum atomic E-state index is -0.492. The molecule has 0 fully saturated rings. The van der Waals surface area contributed by atoms with Crippen molar-refractivity contribution in [2.24, 2.45) is 0 Å². The van der Waals surface area contributed by atoms with Gasteiger partial charge in [-0.3, -0.25) is 14.9 Å². The number of amides is 1. The Hall–Kier alpha value is -3.55. The highest BCUT2D eigenvalue weighted by molar-refractivity contribution is 5.94. The second kappa shape index (κ2) is 9.30. The highest BCUT2D eigenvalue weighted by Crippen LogP contribution is 2.26. The lowest BCUT2D eigenvalue weighted by atomic mass is 10.1. The molecule has 0 bridgehead atoms. The first-order valence-electron chi connectivity index (χ1n) is 9.85. The monoisotopic (exact) mass is 410 g/mol. The lowest BCUT2D eigenvalue weighted by molar-refractivity contribution is -0.384. The van der Waals surface area contributed by atoms with E-state index in [2.05, 4.69) is 5.10 Å². The van der Waals surface area contributed by atoms with E-state index in [1.807, 2.05) is 13.8 Å². The lowest BCUT2D eigenvalue weighted by Gasteiger charge is -2.21. The first kappa shape index (κ1) is 21.2. The van der Waals surface area contributed by atoms with Crippen molar-refractivity contribution in [2.75, 3.05) is 13.1 Å². The molecule has 2 aromatic carbocycles. The summed E-state index contributed by atoms with van der Waals surface area (Å²) in [4.78, 5) is 25.5. The van der Waals surface area contributed by atoms with Crippen LogP contribution in [0.1, 0.15) is 37.2 Å². The molecule has 0 aliphatic carbocycles. The van der Waals surface area contributed by atoms with Gasteiger partial charge in [0.05, 0.1) is 16.3 Å². The Morgan fingerprint density at radius 3 is 2.30 bits per heavy atom. The Labute approximate surface area is 173 Å². The molecule has 1 amide bonds. The number of nitro groups is 1. The highest BCUT2D eigenvalue weighted by Gasteiger charge is 2.23. The van der Waals surface area contributed by atoms with Gasteiger partial charge in [0.25, 0.3) is 11.6 Å². The van der Waals surface area contributed by atoms with Crippen molar-refractivity contribution in [1.82, 2.24) is 14.7 Å². The van der Waals surface area contributed by atoms with Crippen LogP contribution < -0.4 is 0 Å². The summed E-state index contributed by atoms with van der Waals surface area (Å²) in [7, 11) is 0. The number of halogens is 1. The SMILES string of the molecule is CCCN(CCC)C(=O)c1cc(-c2ccccc2F)nn1-c1ccc([N+](=O)[O-])cc1. The third-order valence-electron chi connectivity index (χ3n) is 4.66. The van der Waals surface area contributed by atoms with E-state index in [4.69, 9.17) is 0 Å². The van der Waals surface area contributed by atoms with Gasteiger partial charge in [0.1, 0.15) is 11.5 Å². The molecule has 3 aromatic rings. The molecule has 8 heteroatoms. The first-order chi connectivity index (χ1) is 14.5. The van der Waals surface area contributed by atoms with Gasteiger partial charge in [-0.05, 0) is 43.2 Å². The van der Waals surface area contributed by atoms with E-state index >= 15 is 0 Å². The maximum absolute atomic E-state index is 14.3. The van der Waals surface area contributed by atoms with Gasteiger partial charge in [-0.25, -0.2) is 9.07 Å². The number of aromatic nitrogens is 2. The number of benzene rings is 2. The van der Waals surface area contributed by atoms with Crippen LogP contribution in [0.5, 0.6) is 0 Å². The molecule has 0 atom stereocenters. The smallest absolute Gasteiger partial charge is 0.272 e. The minimum absolute atomic E-state index is 0.0632. The zero-order valence-electron chi connectivity index (χ0n) is 16.9. The molecule has 0 saturated heterocycles. The molecule has 0 radical (unpaired) electrons. The number of nitrogens with zero attached hydrogens (tertiary/aromatic N) is 4. The Bertz CT molecular complexity index is 1040. The van der Waals surface area contributed by atoms with Gasteiger partial charge >= 0.3 is 0 Å². The van der Waals surface area contributed by atoms with Crippen molar-refractivity contribution in [3.63, 3.8) is 0 Å². The average molecular weight is 410 g/mol. The molecular weight excluding hydrogens is 387 g/mol. The van der Waals surface area contributed by atoms with Crippen molar-refractivity contribution in [3.8, 4) is 16.9 Å². The van der Waals surface area contributed by atoms with Gasteiger partial charge in [-0.1, -0.05) is 26.0 Å².